The largest absolute Gasteiger partial charge is 0.296 e. The topological polar surface area (TPSA) is 86.0 Å². The molecule has 74 valence electrons. The number of non-ortho nitro benzene ring substituents is 1. The van der Waals surface area contributed by atoms with Crippen molar-refractivity contribution in [1.82, 2.24) is 9.97 Å². The fourth-order valence-electron chi connectivity index (χ4n) is 1.18. The van der Waals surface area contributed by atoms with Gasteiger partial charge >= 0.3 is 0 Å². The van der Waals surface area contributed by atoms with Gasteiger partial charge in [-0.2, -0.15) is 0 Å². The van der Waals surface area contributed by atoms with Gasteiger partial charge in [-0.15, -0.1) is 0 Å². The molecule has 1 aromatic heterocycles. The number of aromatic nitrogens is 2. The minimum absolute atomic E-state index is 0.0457. The maximum Gasteiger partial charge on any atom is 0.271 e. The van der Waals surface area contributed by atoms with E-state index < -0.39 is 4.92 Å². The quantitative estimate of drug-likeness (QED) is 0.417. The number of carbonyl (C=O) groups is 1. The first kappa shape index (κ1) is 9.20. The van der Waals surface area contributed by atoms with Crippen LogP contribution >= 0.6 is 0 Å². The van der Waals surface area contributed by atoms with Crippen molar-refractivity contribution in [2.24, 2.45) is 0 Å². The van der Waals surface area contributed by atoms with Crippen LogP contribution in [-0.4, -0.2) is 21.2 Å². The lowest BCUT2D eigenvalue weighted by atomic mass is 10.2. The van der Waals surface area contributed by atoms with Crippen LogP contribution in [-0.2, 0) is 0 Å². The number of nitrogens with zero attached hydrogens (tertiary/aromatic N) is 3. The highest BCUT2D eigenvalue weighted by atomic mass is 16.6. The Bertz CT molecular complexity index is 553. The summed E-state index contributed by atoms with van der Waals surface area (Å²) in [7, 11) is 0. The van der Waals surface area contributed by atoms with E-state index in [2.05, 4.69) is 9.97 Å². The third kappa shape index (κ3) is 1.64. The Morgan fingerprint density at radius 1 is 1.33 bits per heavy atom. The number of fused-ring (bicyclic) bond motifs is 1. The Morgan fingerprint density at radius 2 is 2.13 bits per heavy atom. The molecular weight excluding hydrogens is 198 g/mol. The van der Waals surface area contributed by atoms with Crippen LogP contribution in [0.5, 0.6) is 0 Å². The molecular formula is C9H5N3O3. The van der Waals surface area contributed by atoms with Gasteiger partial charge in [-0.3, -0.25) is 19.9 Å². The molecule has 0 unspecified atom stereocenters. The summed E-state index contributed by atoms with van der Waals surface area (Å²) in [5.74, 6) is 0. The van der Waals surface area contributed by atoms with Gasteiger partial charge in [0.25, 0.3) is 5.69 Å². The van der Waals surface area contributed by atoms with E-state index in [0.717, 1.165) is 0 Å². The van der Waals surface area contributed by atoms with Crippen molar-refractivity contribution >= 4 is 23.0 Å². The number of rotatable bonds is 2. The number of hydrogen-bond acceptors (Lipinski definition) is 5. The predicted octanol–water partition coefficient (Wildman–Crippen LogP) is 1.35. The molecule has 0 N–H and O–H groups in total. The molecule has 6 heteroatoms. The number of hydrogen-bond donors (Lipinski definition) is 0. The zero-order chi connectivity index (χ0) is 10.8. The van der Waals surface area contributed by atoms with E-state index in [1.54, 1.807) is 0 Å². The van der Waals surface area contributed by atoms with Gasteiger partial charge in [-0.25, -0.2) is 4.98 Å². The minimum Gasteiger partial charge on any atom is -0.296 e. The lowest BCUT2D eigenvalue weighted by Crippen LogP contribution is -1.93. The molecule has 0 radical (unpaired) electrons. The average Bonchev–Trinajstić information content (AvgIpc) is 2.27. The van der Waals surface area contributed by atoms with Gasteiger partial charge in [0.15, 0.2) is 6.29 Å². The molecule has 1 aromatic carbocycles. The van der Waals surface area contributed by atoms with Crippen molar-refractivity contribution in [2.45, 2.75) is 0 Å². The van der Waals surface area contributed by atoms with Crippen LogP contribution in [0.25, 0.3) is 11.0 Å². The Balaban J connectivity index is 2.64. The number of nitro groups is 1. The molecule has 6 nitrogen and oxygen atoms in total. The highest BCUT2D eigenvalue weighted by molar-refractivity contribution is 5.81. The number of aldehydes is 1. The van der Waals surface area contributed by atoms with Gasteiger partial charge in [0.05, 0.1) is 22.2 Å². The lowest BCUT2D eigenvalue weighted by molar-refractivity contribution is -0.384. The summed E-state index contributed by atoms with van der Waals surface area (Å²) >= 11 is 0. The molecule has 0 atom stereocenters. The minimum atomic E-state index is -0.505. The fraction of sp³-hybridized carbons (Fsp3) is 0. The van der Waals surface area contributed by atoms with E-state index in [1.165, 1.54) is 24.4 Å². The molecule has 15 heavy (non-hydrogen) atoms. The molecule has 0 aliphatic rings. The Hall–Kier alpha value is -2.37. The van der Waals surface area contributed by atoms with Crippen LogP contribution < -0.4 is 0 Å². The third-order valence-corrected chi connectivity index (χ3v) is 1.88. The van der Waals surface area contributed by atoms with Crippen LogP contribution in [0.4, 0.5) is 5.69 Å². The van der Waals surface area contributed by atoms with Gasteiger partial charge in [0.2, 0.25) is 0 Å². The second-order valence-electron chi connectivity index (χ2n) is 2.84. The monoisotopic (exact) mass is 203 g/mol. The summed E-state index contributed by atoms with van der Waals surface area (Å²) in [6.45, 7) is 0. The SMILES string of the molecule is O=Cc1cnc2cc([N+](=O)[O-])ccc2n1. The number of nitro benzene ring substituents is 1. The molecule has 0 bridgehead atoms. The molecule has 2 aromatic rings. The lowest BCUT2D eigenvalue weighted by Gasteiger charge is -1.96. The van der Waals surface area contributed by atoms with Crippen LogP contribution in [0.15, 0.2) is 24.4 Å². The Labute approximate surface area is 83.7 Å². The predicted molar refractivity (Wildman–Crippen MR) is 51.6 cm³/mol. The van der Waals surface area contributed by atoms with E-state index in [0.29, 0.717) is 17.3 Å². The van der Waals surface area contributed by atoms with Gasteiger partial charge in [0, 0.05) is 12.1 Å². The molecule has 0 saturated carbocycles. The summed E-state index contributed by atoms with van der Waals surface area (Å²) in [4.78, 5) is 28.2. The van der Waals surface area contributed by atoms with E-state index in [1.807, 2.05) is 0 Å². The molecule has 0 aliphatic heterocycles. The summed E-state index contributed by atoms with van der Waals surface area (Å²) in [6.07, 6.45) is 1.85. The number of benzene rings is 1. The van der Waals surface area contributed by atoms with Crippen molar-refractivity contribution in [3.8, 4) is 0 Å². The molecule has 0 aliphatic carbocycles. The van der Waals surface area contributed by atoms with Crippen molar-refractivity contribution in [3.63, 3.8) is 0 Å². The van der Waals surface area contributed by atoms with Crippen LogP contribution in [0.3, 0.4) is 0 Å². The van der Waals surface area contributed by atoms with Crippen LogP contribution in [0.1, 0.15) is 10.5 Å². The first-order valence-electron chi connectivity index (χ1n) is 4.07. The van der Waals surface area contributed by atoms with Crippen molar-refractivity contribution < 1.29 is 9.72 Å². The number of carbonyl (C=O) groups excluding carboxylic acids is 1. The highest BCUT2D eigenvalue weighted by Gasteiger charge is 2.07. The maximum atomic E-state index is 10.5. The highest BCUT2D eigenvalue weighted by Crippen LogP contribution is 2.17. The zero-order valence-corrected chi connectivity index (χ0v) is 7.45. The first-order chi connectivity index (χ1) is 7.20. The second kappa shape index (κ2) is 3.41. The molecule has 2 rings (SSSR count). The maximum absolute atomic E-state index is 10.5. The van der Waals surface area contributed by atoms with E-state index in [9.17, 15) is 14.9 Å². The van der Waals surface area contributed by atoms with E-state index in [-0.39, 0.29) is 11.4 Å². The molecule has 1 heterocycles. The van der Waals surface area contributed by atoms with Gasteiger partial charge in [0.1, 0.15) is 5.69 Å². The normalized spacial score (nSPS) is 10.1. The average molecular weight is 203 g/mol. The van der Waals surface area contributed by atoms with Crippen LogP contribution in [0.2, 0.25) is 0 Å². The Morgan fingerprint density at radius 3 is 2.80 bits per heavy atom. The van der Waals surface area contributed by atoms with Crippen molar-refractivity contribution in [3.05, 3.63) is 40.2 Å². The molecule has 0 spiro atoms. The fourth-order valence-corrected chi connectivity index (χ4v) is 1.18. The molecule has 0 fully saturated rings. The molecule has 0 amide bonds. The summed E-state index contributed by atoms with van der Waals surface area (Å²) in [5, 5.41) is 10.5. The van der Waals surface area contributed by atoms with Gasteiger partial charge < -0.3 is 0 Å². The van der Waals surface area contributed by atoms with Crippen LogP contribution in [0, 0.1) is 10.1 Å². The molecule has 0 saturated heterocycles. The van der Waals surface area contributed by atoms with Gasteiger partial charge in [-0.1, -0.05) is 0 Å². The first-order valence-corrected chi connectivity index (χ1v) is 4.07. The summed E-state index contributed by atoms with van der Waals surface area (Å²) in [6, 6.07) is 4.11. The van der Waals surface area contributed by atoms with Crippen molar-refractivity contribution in [2.75, 3.05) is 0 Å². The van der Waals surface area contributed by atoms with Crippen molar-refractivity contribution in [1.29, 1.82) is 0 Å². The summed E-state index contributed by atoms with van der Waals surface area (Å²) in [5.41, 5.74) is 1.02. The second-order valence-corrected chi connectivity index (χ2v) is 2.84. The Kier molecular flexibility index (Phi) is 2.09. The zero-order valence-electron chi connectivity index (χ0n) is 7.45. The van der Waals surface area contributed by atoms with E-state index >= 15 is 0 Å². The van der Waals surface area contributed by atoms with Gasteiger partial charge in [-0.05, 0) is 6.07 Å². The van der Waals surface area contributed by atoms with E-state index in [4.69, 9.17) is 0 Å². The summed E-state index contributed by atoms with van der Waals surface area (Å²) < 4.78 is 0. The smallest absolute Gasteiger partial charge is 0.271 e. The standard InChI is InChI=1S/C9H5N3O3/c13-5-6-4-10-9-3-7(12(14)15)1-2-8(9)11-6/h1-5H. The third-order valence-electron chi connectivity index (χ3n) is 1.88.